The first kappa shape index (κ1) is 12.5. The minimum Gasteiger partial charge on any atom is -0.496 e. The summed E-state index contributed by atoms with van der Waals surface area (Å²) in [7, 11) is 1.57. The van der Waals surface area contributed by atoms with E-state index in [1.54, 1.807) is 19.2 Å². The van der Waals surface area contributed by atoms with Crippen molar-refractivity contribution in [2.24, 2.45) is 0 Å². The van der Waals surface area contributed by atoms with Crippen molar-refractivity contribution in [3.8, 4) is 11.8 Å². The fourth-order valence-corrected chi connectivity index (χ4v) is 1.70. The lowest BCUT2D eigenvalue weighted by Crippen LogP contribution is -2.11. The number of rotatable bonds is 3. The third-order valence-electron chi connectivity index (χ3n) is 2.06. The number of anilines is 1. The van der Waals surface area contributed by atoms with Crippen molar-refractivity contribution in [2.45, 2.75) is 13.3 Å². The van der Waals surface area contributed by atoms with Crippen LogP contribution in [0.1, 0.15) is 12.0 Å². The summed E-state index contributed by atoms with van der Waals surface area (Å²) in [6.07, 6.45) is -0.158. The normalized spacial score (nSPS) is 9.38. The van der Waals surface area contributed by atoms with Crippen LogP contribution in [-0.4, -0.2) is 13.0 Å². The summed E-state index contributed by atoms with van der Waals surface area (Å²) >= 11 is 3.32. The van der Waals surface area contributed by atoms with Gasteiger partial charge >= 0.3 is 0 Å². The van der Waals surface area contributed by atoms with Gasteiger partial charge in [0.2, 0.25) is 5.91 Å². The number of carbonyl (C=O) groups excluding carboxylic acids is 1. The van der Waals surface area contributed by atoms with Crippen LogP contribution >= 0.6 is 15.9 Å². The number of ether oxygens (including phenoxy) is 1. The first-order chi connectivity index (χ1) is 7.58. The van der Waals surface area contributed by atoms with Crippen molar-refractivity contribution in [3.05, 3.63) is 22.2 Å². The van der Waals surface area contributed by atoms with Gasteiger partial charge in [0.05, 0.1) is 13.2 Å². The molecule has 1 aromatic rings. The molecule has 16 heavy (non-hydrogen) atoms. The van der Waals surface area contributed by atoms with Crippen LogP contribution in [0, 0.1) is 18.3 Å². The van der Waals surface area contributed by atoms with E-state index < -0.39 is 0 Å². The number of nitriles is 1. The number of amides is 1. The Hall–Kier alpha value is -1.54. The van der Waals surface area contributed by atoms with Crippen LogP contribution in [0.15, 0.2) is 16.6 Å². The summed E-state index contributed by atoms with van der Waals surface area (Å²) in [5.41, 5.74) is 1.48. The molecule has 0 aliphatic rings. The van der Waals surface area contributed by atoms with E-state index in [-0.39, 0.29) is 12.3 Å². The number of methoxy groups -OCH3 is 1. The number of halogens is 1. The first-order valence-electron chi connectivity index (χ1n) is 4.59. The van der Waals surface area contributed by atoms with Crippen molar-refractivity contribution < 1.29 is 9.53 Å². The molecule has 1 N–H and O–H groups in total. The molecule has 0 atom stereocenters. The average molecular weight is 283 g/mol. The number of nitrogens with zero attached hydrogens (tertiary/aromatic N) is 1. The van der Waals surface area contributed by atoms with Gasteiger partial charge in [-0.25, -0.2) is 0 Å². The number of hydrogen-bond acceptors (Lipinski definition) is 3. The third kappa shape index (κ3) is 2.97. The van der Waals surface area contributed by atoms with Crippen LogP contribution in [0.4, 0.5) is 5.69 Å². The van der Waals surface area contributed by atoms with Crippen LogP contribution < -0.4 is 10.1 Å². The Morgan fingerprint density at radius 2 is 2.31 bits per heavy atom. The van der Waals surface area contributed by atoms with Crippen LogP contribution in [0.25, 0.3) is 0 Å². The molecule has 1 amide bonds. The minimum atomic E-state index is -0.328. The molecule has 0 saturated carbocycles. The quantitative estimate of drug-likeness (QED) is 0.927. The summed E-state index contributed by atoms with van der Waals surface area (Å²) in [4.78, 5) is 11.3. The smallest absolute Gasteiger partial charge is 0.238 e. The average Bonchev–Trinajstić information content (AvgIpc) is 2.23. The van der Waals surface area contributed by atoms with Crippen LogP contribution in [0.5, 0.6) is 5.75 Å². The maximum atomic E-state index is 11.3. The molecule has 5 heteroatoms. The second-order valence-corrected chi connectivity index (χ2v) is 4.08. The van der Waals surface area contributed by atoms with Crippen molar-refractivity contribution in [1.82, 2.24) is 0 Å². The van der Waals surface area contributed by atoms with Gasteiger partial charge in [-0.2, -0.15) is 5.26 Å². The summed E-state index contributed by atoms with van der Waals surface area (Å²) in [6, 6.07) is 5.38. The molecule has 0 aliphatic heterocycles. The molecule has 84 valence electrons. The lowest BCUT2D eigenvalue weighted by Gasteiger charge is -2.11. The van der Waals surface area contributed by atoms with E-state index in [2.05, 4.69) is 21.2 Å². The first-order valence-corrected chi connectivity index (χ1v) is 5.38. The van der Waals surface area contributed by atoms with E-state index in [0.29, 0.717) is 11.4 Å². The Kier molecular flexibility index (Phi) is 4.32. The number of benzene rings is 1. The van der Waals surface area contributed by atoms with E-state index in [4.69, 9.17) is 10.00 Å². The van der Waals surface area contributed by atoms with E-state index in [1.165, 1.54) is 0 Å². The van der Waals surface area contributed by atoms with Gasteiger partial charge in [0.15, 0.2) is 0 Å². The summed E-state index contributed by atoms with van der Waals surface area (Å²) in [5, 5.41) is 11.0. The monoisotopic (exact) mass is 282 g/mol. The Balaban J connectivity index is 3.00. The Labute approximate surface area is 102 Å². The largest absolute Gasteiger partial charge is 0.496 e. The third-order valence-corrected chi connectivity index (χ3v) is 2.52. The lowest BCUT2D eigenvalue weighted by molar-refractivity contribution is -0.115. The fourth-order valence-electron chi connectivity index (χ4n) is 1.26. The van der Waals surface area contributed by atoms with Crippen LogP contribution in [0.2, 0.25) is 0 Å². The number of carbonyl (C=O) groups is 1. The molecule has 0 radical (unpaired) electrons. The molecule has 4 nitrogen and oxygen atoms in total. The molecule has 0 saturated heterocycles. The van der Waals surface area contributed by atoms with Crippen LogP contribution in [-0.2, 0) is 4.79 Å². The highest BCUT2D eigenvalue weighted by atomic mass is 79.9. The van der Waals surface area contributed by atoms with E-state index >= 15 is 0 Å². The minimum absolute atomic E-state index is 0.158. The molecule has 1 aromatic carbocycles. The van der Waals surface area contributed by atoms with Gasteiger partial charge < -0.3 is 10.1 Å². The zero-order valence-electron chi connectivity index (χ0n) is 9.00. The number of hydrogen-bond donors (Lipinski definition) is 1. The molecule has 0 aliphatic carbocycles. The second kappa shape index (κ2) is 5.52. The molecular formula is C11H11BrN2O2. The predicted octanol–water partition coefficient (Wildman–Crippen LogP) is 2.62. The number of nitrogens with one attached hydrogen (secondary N) is 1. The Morgan fingerprint density at radius 1 is 1.62 bits per heavy atom. The highest BCUT2D eigenvalue weighted by molar-refractivity contribution is 9.10. The van der Waals surface area contributed by atoms with Gasteiger partial charge in [0.1, 0.15) is 12.2 Å². The topological polar surface area (TPSA) is 62.1 Å². The maximum Gasteiger partial charge on any atom is 0.238 e. The molecule has 0 fully saturated rings. The Bertz CT molecular complexity index is 452. The SMILES string of the molecule is COc1cc(Br)cc(NC(=O)CC#N)c1C. The summed E-state index contributed by atoms with van der Waals surface area (Å²) < 4.78 is 5.97. The highest BCUT2D eigenvalue weighted by Gasteiger charge is 2.09. The van der Waals surface area contributed by atoms with Crippen LogP contribution in [0.3, 0.4) is 0 Å². The highest BCUT2D eigenvalue weighted by Crippen LogP contribution is 2.30. The van der Waals surface area contributed by atoms with Gasteiger partial charge in [-0.05, 0) is 19.1 Å². The molecule has 0 bridgehead atoms. The van der Waals surface area contributed by atoms with Gasteiger partial charge in [0, 0.05) is 15.7 Å². The summed E-state index contributed by atoms with van der Waals surface area (Å²) in [5.74, 6) is 0.354. The molecule has 0 aromatic heterocycles. The van der Waals surface area contributed by atoms with Crippen molar-refractivity contribution in [1.29, 1.82) is 5.26 Å². The van der Waals surface area contributed by atoms with Gasteiger partial charge in [0.25, 0.3) is 0 Å². The molecule has 0 spiro atoms. The van der Waals surface area contributed by atoms with Crippen molar-refractivity contribution in [2.75, 3.05) is 12.4 Å². The zero-order chi connectivity index (χ0) is 12.1. The van der Waals surface area contributed by atoms with Gasteiger partial charge in [-0.3, -0.25) is 4.79 Å². The molecule has 0 unspecified atom stereocenters. The Morgan fingerprint density at radius 3 is 2.88 bits per heavy atom. The molecular weight excluding hydrogens is 272 g/mol. The maximum absolute atomic E-state index is 11.3. The van der Waals surface area contributed by atoms with Gasteiger partial charge in [-0.1, -0.05) is 15.9 Å². The predicted molar refractivity (Wildman–Crippen MR) is 64.3 cm³/mol. The zero-order valence-corrected chi connectivity index (χ0v) is 10.6. The van der Waals surface area contributed by atoms with E-state index in [0.717, 1.165) is 10.0 Å². The molecule has 0 heterocycles. The van der Waals surface area contributed by atoms with E-state index in [1.807, 2.05) is 13.0 Å². The second-order valence-electron chi connectivity index (χ2n) is 3.16. The fraction of sp³-hybridized carbons (Fsp3) is 0.273. The van der Waals surface area contributed by atoms with Gasteiger partial charge in [-0.15, -0.1) is 0 Å². The lowest BCUT2D eigenvalue weighted by atomic mass is 10.1. The standard InChI is InChI=1S/C11H11BrN2O2/c1-7-9(14-11(15)3-4-13)5-8(12)6-10(7)16-2/h5-6H,3H2,1-2H3,(H,14,15). The van der Waals surface area contributed by atoms with Crippen molar-refractivity contribution in [3.63, 3.8) is 0 Å². The van der Waals surface area contributed by atoms with Crippen molar-refractivity contribution >= 4 is 27.5 Å². The molecule has 1 rings (SSSR count). The van der Waals surface area contributed by atoms with E-state index in [9.17, 15) is 4.79 Å². The summed E-state index contributed by atoms with van der Waals surface area (Å²) in [6.45, 7) is 1.84.